The average Bonchev–Trinajstić information content (AvgIpc) is 3.37. The smallest absolute Gasteiger partial charge is 0.355 e. The van der Waals surface area contributed by atoms with Gasteiger partial charge in [0.1, 0.15) is 23.3 Å². The Balaban J connectivity index is 1.93. The maximum absolute atomic E-state index is 13.3. The summed E-state index contributed by atoms with van der Waals surface area (Å²) in [6.45, 7) is 0. The quantitative estimate of drug-likeness (QED) is 0.547. The number of furan rings is 1. The molecule has 3 heterocycles. The lowest BCUT2D eigenvalue weighted by molar-refractivity contribution is -0.136. The first-order valence-electron chi connectivity index (χ1n) is 7.81. The minimum Gasteiger partial charge on any atom is -0.467 e. The van der Waals surface area contributed by atoms with Crippen LogP contribution in [0, 0.1) is 5.82 Å². The van der Waals surface area contributed by atoms with Crippen LogP contribution in [0.4, 0.5) is 10.3 Å². The average molecular weight is 369 g/mol. The number of nitrogens with zero attached hydrogens (tertiary/aromatic N) is 4. The molecule has 0 radical (unpaired) electrons. The molecule has 4 rings (SSSR count). The first-order chi connectivity index (χ1) is 13.1. The fourth-order valence-corrected chi connectivity index (χ4v) is 2.86. The Bertz CT molecular complexity index is 1040. The van der Waals surface area contributed by atoms with Crippen molar-refractivity contribution in [1.29, 1.82) is 0 Å². The number of methoxy groups -OCH3 is 1. The highest BCUT2D eigenvalue weighted by molar-refractivity contribution is 6.14. The predicted octanol–water partition coefficient (Wildman–Crippen LogP) is 1.73. The summed E-state index contributed by atoms with van der Waals surface area (Å²) >= 11 is 0. The number of esters is 1. The summed E-state index contributed by atoms with van der Waals surface area (Å²) in [6, 6.07) is 7.34. The first kappa shape index (κ1) is 16.6. The molecule has 1 aliphatic heterocycles. The Kier molecular flexibility index (Phi) is 3.99. The van der Waals surface area contributed by atoms with E-state index in [4.69, 9.17) is 9.15 Å². The summed E-state index contributed by atoms with van der Waals surface area (Å²) in [5, 5.41) is 14.0. The van der Waals surface area contributed by atoms with Gasteiger partial charge in [0.15, 0.2) is 5.78 Å². The van der Waals surface area contributed by atoms with Crippen LogP contribution < -0.4 is 5.32 Å². The lowest BCUT2D eigenvalue weighted by Gasteiger charge is -2.26. The van der Waals surface area contributed by atoms with Gasteiger partial charge in [0.2, 0.25) is 5.95 Å². The third kappa shape index (κ3) is 2.76. The zero-order valence-corrected chi connectivity index (χ0v) is 13.9. The standard InChI is InChI=1S/C17H12FN5O4/c1-26-16(25)13-12(15(24)9-4-6-10(18)7-5-9)14(11-3-2-8-27-11)23-17(19-13)20-21-22-23/h2-8,14H,1H3,(H,19,20,22)/t14-/m1/s1. The number of carbonyl (C=O) groups excluding carboxylic acids is 2. The highest BCUT2D eigenvalue weighted by atomic mass is 19.1. The molecule has 0 aliphatic carbocycles. The molecule has 1 N–H and O–H groups in total. The van der Waals surface area contributed by atoms with Crippen molar-refractivity contribution in [1.82, 2.24) is 20.2 Å². The van der Waals surface area contributed by atoms with Crippen LogP contribution in [0.25, 0.3) is 0 Å². The monoisotopic (exact) mass is 369 g/mol. The number of hydrogen-bond acceptors (Lipinski definition) is 8. The third-order valence-corrected chi connectivity index (χ3v) is 4.07. The van der Waals surface area contributed by atoms with E-state index in [0.29, 0.717) is 5.76 Å². The van der Waals surface area contributed by atoms with E-state index in [1.807, 2.05) is 0 Å². The lowest BCUT2D eigenvalue weighted by Crippen LogP contribution is -2.32. The second-order valence-corrected chi connectivity index (χ2v) is 5.61. The minimum absolute atomic E-state index is 0.0169. The van der Waals surface area contributed by atoms with Gasteiger partial charge in [-0.3, -0.25) is 4.79 Å². The summed E-state index contributed by atoms with van der Waals surface area (Å²) in [4.78, 5) is 25.6. The van der Waals surface area contributed by atoms with Crippen molar-refractivity contribution in [3.8, 4) is 0 Å². The van der Waals surface area contributed by atoms with Gasteiger partial charge in [-0.25, -0.2) is 9.18 Å². The Morgan fingerprint density at radius 1 is 1.26 bits per heavy atom. The highest BCUT2D eigenvalue weighted by Gasteiger charge is 2.39. The van der Waals surface area contributed by atoms with E-state index >= 15 is 0 Å². The Morgan fingerprint density at radius 3 is 2.70 bits per heavy atom. The number of anilines is 1. The highest BCUT2D eigenvalue weighted by Crippen LogP contribution is 2.36. The topological polar surface area (TPSA) is 112 Å². The van der Waals surface area contributed by atoms with Crippen molar-refractivity contribution in [3.63, 3.8) is 0 Å². The molecule has 2 aromatic heterocycles. The van der Waals surface area contributed by atoms with Crippen molar-refractivity contribution in [2.24, 2.45) is 0 Å². The number of carbonyl (C=O) groups is 2. The van der Waals surface area contributed by atoms with E-state index in [1.54, 1.807) is 12.1 Å². The largest absolute Gasteiger partial charge is 0.467 e. The van der Waals surface area contributed by atoms with Gasteiger partial charge in [-0.2, -0.15) is 4.68 Å². The van der Waals surface area contributed by atoms with Gasteiger partial charge >= 0.3 is 5.97 Å². The molecule has 0 spiro atoms. The molecule has 3 aromatic rings. The molecule has 1 aromatic carbocycles. The summed E-state index contributed by atoms with van der Waals surface area (Å²) in [7, 11) is 1.19. The molecule has 0 saturated heterocycles. The summed E-state index contributed by atoms with van der Waals surface area (Å²) < 4.78 is 24.8. The van der Waals surface area contributed by atoms with Crippen LogP contribution in [0.3, 0.4) is 0 Å². The van der Waals surface area contributed by atoms with Gasteiger partial charge in [-0.05, 0) is 46.8 Å². The van der Waals surface area contributed by atoms with Gasteiger partial charge in [-0.1, -0.05) is 5.10 Å². The Morgan fingerprint density at radius 2 is 2.04 bits per heavy atom. The number of Topliss-reactive ketones (excluding diaryl/α,β-unsaturated/α-hetero) is 1. The molecule has 136 valence electrons. The van der Waals surface area contributed by atoms with Crippen LogP contribution in [-0.2, 0) is 9.53 Å². The molecular weight excluding hydrogens is 357 g/mol. The van der Waals surface area contributed by atoms with Gasteiger partial charge in [0.25, 0.3) is 0 Å². The number of allylic oxidation sites excluding steroid dienone is 1. The second-order valence-electron chi connectivity index (χ2n) is 5.61. The number of nitrogens with one attached hydrogen (secondary N) is 1. The Hall–Kier alpha value is -3.82. The molecule has 9 nitrogen and oxygen atoms in total. The number of benzene rings is 1. The van der Waals surface area contributed by atoms with Gasteiger partial charge in [0.05, 0.1) is 18.9 Å². The maximum Gasteiger partial charge on any atom is 0.355 e. The molecule has 0 saturated carbocycles. The van der Waals surface area contributed by atoms with Crippen LogP contribution in [-0.4, -0.2) is 39.1 Å². The number of fused-ring (bicyclic) bond motifs is 1. The normalized spacial score (nSPS) is 15.9. The fraction of sp³-hybridized carbons (Fsp3) is 0.118. The zero-order valence-electron chi connectivity index (χ0n) is 13.9. The van der Waals surface area contributed by atoms with E-state index in [2.05, 4.69) is 20.8 Å². The summed E-state index contributed by atoms with van der Waals surface area (Å²) in [5.74, 6) is -1.29. The predicted molar refractivity (Wildman–Crippen MR) is 88.1 cm³/mol. The van der Waals surface area contributed by atoms with Crippen LogP contribution >= 0.6 is 0 Å². The van der Waals surface area contributed by atoms with E-state index in [1.165, 1.54) is 30.2 Å². The molecule has 0 amide bonds. The van der Waals surface area contributed by atoms with Crippen LogP contribution in [0.15, 0.2) is 58.3 Å². The summed E-state index contributed by atoms with van der Waals surface area (Å²) in [5.41, 5.74) is 0.0846. The first-order valence-corrected chi connectivity index (χ1v) is 7.81. The van der Waals surface area contributed by atoms with Crippen molar-refractivity contribution in [2.75, 3.05) is 12.4 Å². The number of aromatic nitrogens is 4. The van der Waals surface area contributed by atoms with Crippen molar-refractivity contribution < 1.29 is 23.1 Å². The number of ketones is 1. The molecule has 0 unspecified atom stereocenters. The minimum atomic E-state index is -0.905. The van der Waals surface area contributed by atoms with Crippen molar-refractivity contribution >= 4 is 17.7 Å². The van der Waals surface area contributed by atoms with E-state index in [-0.39, 0.29) is 22.8 Å². The second kappa shape index (κ2) is 6.48. The number of rotatable bonds is 4. The van der Waals surface area contributed by atoms with Gasteiger partial charge < -0.3 is 14.5 Å². The molecule has 0 fully saturated rings. The van der Waals surface area contributed by atoms with Gasteiger partial charge in [-0.15, -0.1) is 0 Å². The summed E-state index contributed by atoms with van der Waals surface area (Å²) in [6.07, 6.45) is 1.43. The van der Waals surface area contributed by atoms with Crippen LogP contribution in [0.2, 0.25) is 0 Å². The molecule has 1 atom stereocenters. The number of tetrazole rings is 1. The SMILES string of the molecule is COC(=O)C1=C(C(=O)c2ccc(F)cc2)[C@@H](c2ccco2)n2nnnc2N1. The fourth-order valence-electron chi connectivity index (χ4n) is 2.86. The molecule has 0 bridgehead atoms. The number of hydrogen-bond donors (Lipinski definition) is 1. The molecule has 27 heavy (non-hydrogen) atoms. The molecular formula is C17H12FN5O4. The van der Waals surface area contributed by atoms with E-state index in [0.717, 1.165) is 12.1 Å². The number of halogens is 1. The van der Waals surface area contributed by atoms with Crippen LogP contribution in [0.1, 0.15) is 22.2 Å². The Labute approximate surface area is 151 Å². The zero-order chi connectivity index (χ0) is 19.0. The van der Waals surface area contributed by atoms with Crippen molar-refractivity contribution in [3.05, 3.63) is 71.1 Å². The van der Waals surface area contributed by atoms with Gasteiger partial charge in [0, 0.05) is 5.56 Å². The van der Waals surface area contributed by atoms with E-state index in [9.17, 15) is 14.0 Å². The maximum atomic E-state index is 13.3. The molecule has 1 aliphatic rings. The van der Waals surface area contributed by atoms with E-state index < -0.39 is 23.6 Å². The lowest BCUT2D eigenvalue weighted by atomic mass is 9.92. The molecule has 10 heteroatoms. The van der Waals surface area contributed by atoms with Crippen LogP contribution in [0.5, 0.6) is 0 Å². The van der Waals surface area contributed by atoms with Crippen molar-refractivity contribution in [2.45, 2.75) is 6.04 Å². The number of ether oxygens (including phenoxy) is 1. The third-order valence-electron chi connectivity index (χ3n) is 4.07.